The molecule has 1 saturated heterocycles. The smallest absolute Gasteiger partial charge is 0.101 e. The van der Waals surface area contributed by atoms with E-state index in [0.717, 1.165) is 49.7 Å². The minimum absolute atomic E-state index is 0.732. The molecule has 2 aromatic carbocycles. The normalized spacial score (nSPS) is 14.8. The Morgan fingerprint density at radius 2 is 1.65 bits per heavy atom. The molecule has 3 aromatic rings. The zero-order valence-electron chi connectivity index (χ0n) is 14.7. The first-order valence-electron chi connectivity index (χ1n) is 8.92. The highest BCUT2D eigenvalue weighted by Gasteiger charge is 2.12. The molecule has 0 saturated carbocycles. The Balaban J connectivity index is 1.63. The van der Waals surface area contributed by atoms with Crippen LogP contribution >= 0.6 is 0 Å². The van der Waals surface area contributed by atoms with Crippen LogP contribution in [0.5, 0.6) is 0 Å². The van der Waals surface area contributed by atoms with Crippen molar-refractivity contribution in [3.8, 4) is 11.3 Å². The Morgan fingerprint density at radius 3 is 2.38 bits per heavy atom. The van der Waals surface area contributed by atoms with E-state index in [1.54, 1.807) is 0 Å². The number of rotatable bonds is 5. The monoisotopic (exact) mass is 346 g/mol. The second-order valence-electron chi connectivity index (χ2n) is 6.29. The number of hydrazone groups is 1. The second kappa shape index (κ2) is 7.97. The maximum Gasteiger partial charge on any atom is 0.101 e. The van der Waals surface area contributed by atoms with Gasteiger partial charge in [0.1, 0.15) is 5.69 Å². The summed E-state index contributed by atoms with van der Waals surface area (Å²) in [6, 6.07) is 20.6. The van der Waals surface area contributed by atoms with Gasteiger partial charge in [-0.05, 0) is 5.56 Å². The first-order valence-corrected chi connectivity index (χ1v) is 8.92. The van der Waals surface area contributed by atoms with Gasteiger partial charge in [-0.15, -0.1) is 0 Å². The maximum absolute atomic E-state index is 5.38. The van der Waals surface area contributed by atoms with Gasteiger partial charge in [-0.1, -0.05) is 60.7 Å². The van der Waals surface area contributed by atoms with Gasteiger partial charge in [0, 0.05) is 17.3 Å². The van der Waals surface area contributed by atoms with Crippen molar-refractivity contribution in [2.75, 3.05) is 26.3 Å². The van der Waals surface area contributed by atoms with Crippen LogP contribution in [0, 0.1) is 0 Å². The molecule has 5 nitrogen and oxygen atoms in total. The zero-order chi connectivity index (χ0) is 17.6. The average Bonchev–Trinajstić information content (AvgIpc) is 3.11. The van der Waals surface area contributed by atoms with Crippen LogP contribution in [0.25, 0.3) is 11.3 Å². The maximum atomic E-state index is 5.38. The van der Waals surface area contributed by atoms with Crippen LogP contribution in [0.3, 0.4) is 0 Å². The molecule has 132 valence electrons. The first-order chi connectivity index (χ1) is 12.9. The molecule has 0 aliphatic carbocycles. The average molecular weight is 346 g/mol. The van der Waals surface area contributed by atoms with Gasteiger partial charge in [-0.2, -0.15) is 10.2 Å². The summed E-state index contributed by atoms with van der Waals surface area (Å²) < 4.78 is 7.37. The third kappa shape index (κ3) is 4.00. The Kier molecular flexibility index (Phi) is 5.07. The summed E-state index contributed by atoms with van der Waals surface area (Å²) in [5.41, 5.74) is 4.31. The summed E-state index contributed by atoms with van der Waals surface area (Å²) in [7, 11) is 0. The van der Waals surface area contributed by atoms with Crippen molar-refractivity contribution in [1.82, 2.24) is 14.8 Å². The molecule has 1 aliphatic heterocycles. The van der Waals surface area contributed by atoms with E-state index in [9.17, 15) is 0 Å². The number of hydrogen-bond donors (Lipinski definition) is 0. The topological polar surface area (TPSA) is 42.6 Å². The lowest BCUT2D eigenvalue weighted by Gasteiger charge is -2.23. The van der Waals surface area contributed by atoms with Crippen LogP contribution < -0.4 is 0 Å². The summed E-state index contributed by atoms with van der Waals surface area (Å²) >= 11 is 0. The van der Waals surface area contributed by atoms with Crippen LogP contribution in [0.1, 0.15) is 11.1 Å². The third-order valence-electron chi connectivity index (χ3n) is 4.37. The van der Waals surface area contributed by atoms with E-state index in [-0.39, 0.29) is 0 Å². The molecule has 0 N–H and O–H groups in total. The van der Waals surface area contributed by atoms with Crippen LogP contribution in [-0.2, 0) is 11.3 Å². The van der Waals surface area contributed by atoms with Crippen LogP contribution in [0.15, 0.2) is 72.0 Å². The highest BCUT2D eigenvalue weighted by atomic mass is 16.5. The molecule has 4 rings (SSSR count). The van der Waals surface area contributed by atoms with E-state index in [4.69, 9.17) is 9.84 Å². The molecule has 0 atom stereocenters. The van der Waals surface area contributed by atoms with Crippen molar-refractivity contribution < 1.29 is 4.74 Å². The highest BCUT2D eigenvalue weighted by Crippen LogP contribution is 2.21. The minimum Gasteiger partial charge on any atom is -0.378 e. The molecule has 1 fully saturated rings. The van der Waals surface area contributed by atoms with Crippen molar-refractivity contribution >= 4 is 6.21 Å². The van der Waals surface area contributed by atoms with E-state index in [0.29, 0.717) is 0 Å². The summed E-state index contributed by atoms with van der Waals surface area (Å²) in [6.07, 6.45) is 3.99. The van der Waals surface area contributed by atoms with Gasteiger partial charge in [0.25, 0.3) is 0 Å². The quantitative estimate of drug-likeness (QED) is 0.666. The molecule has 0 amide bonds. The van der Waals surface area contributed by atoms with Crippen molar-refractivity contribution in [2.45, 2.75) is 6.54 Å². The van der Waals surface area contributed by atoms with Gasteiger partial charge in [0.05, 0.1) is 39.1 Å². The fraction of sp³-hybridized carbons (Fsp3) is 0.238. The van der Waals surface area contributed by atoms with Gasteiger partial charge in [-0.25, -0.2) is 0 Å². The summed E-state index contributed by atoms with van der Waals surface area (Å²) in [4.78, 5) is 0. The number of benzene rings is 2. The van der Waals surface area contributed by atoms with Gasteiger partial charge in [0.15, 0.2) is 0 Å². The molecule has 0 unspecified atom stereocenters. The van der Waals surface area contributed by atoms with Crippen LogP contribution in [0.2, 0.25) is 0 Å². The van der Waals surface area contributed by atoms with Crippen LogP contribution in [-0.4, -0.2) is 47.3 Å². The van der Waals surface area contributed by atoms with E-state index in [1.165, 1.54) is 5.56 Å². The molecule has 2 heterocycles. The van der Waals surface area contributed by atoms with Crippen molar-refractivity contribution in [1.29, 1.82) is 0 Å². The summed E-state index contributed by atoms with van der Waals surface area (Å²) in [5, 5.41) is 11.5. The Labute approximate surface area is 153 Å². The lowest BCUT2D eigenvalue weighted by Crippen LogP contribution is -2.32. The fourth-order valence-corrected chi connectivity index (χ4v) is 3.02. The number of morpholine rings is 1. The Bertz CT molecular complexity index is 852. The Morgan fingerprint density at radius 1 is 0.962 bits per heavy atom. The molecule has 0 bridgehead atoms. The molecule has 0 spiro atoms. The number of ether oxygens (including phenoxy) is 1. The lowest BCUT2D eigenvalue weighted by atomic mass is 10.1. The fourth-order valence-electron chi connectivity index (χ4n) is 3.02. The first kappa shape index (κ1) is 16.5. The summed E-state index contributed by atoms with van der Waals surface area (Å²) in [5.74, 6) is 0. The molecule has 5 heteroatoms. The van der Waals surface area contributed by atoms with E-state index >= 15 is 0 Å². The van der Waals surface area contributed by atoms with Crippen molar-refractivity contribution in [3.05, 3.63) is 78.0 Å². The zero-order valence-corrected chi connectivity index (χ0v) is 14.7. The van der Waals surface area contributed by atoms with Crippen LogP contribution in [0.4, 0.5) is 0 Å². The van der Waals surface area contributed by atoms with Crippen molar-refractivity contribution in [2.24, 2.45) is 5.10 Å². The van der Waals surface area contributed by atoms with Crippen molar-refractivity contribution in [3.63, 3.8) is 0 Å². The number of hydrogen-bond acceptors (Lipinski definition) is 4. The molecule has 0 radical (unpaired) electrons. The van der Waals surface area contributed by atoms with Gasteiger partial charge in [-0.3, -0.25) is 9.69 Å². The molecule has 1 aromatic heterocycles. The molecule has 26 heavy (non-hydrogen) atoms. The molecule has 1 aliphatic rings. The van der Waals surface area contributed by atoms with E-state index in [1.807, 2.05) is 40.2 Å². The van der Waals surface area contributed by atoms with E-state index in [2.05, 4.69) is 47.7 Å². The minimum atomic E-state index is 0.732. The van der Waals surface area contributed by atoms with E-state index < -0.39 is 0 Å². The Hall–Kier alpha value is -2.92. The SMILES string of the molecule is C(=N/N1CCOCC1)/c1cn(Cc2ccccc2)nc1-c1ccccc1. The highest BCUT2D eigenvalue weighted by molar-refractivity contribution is 5.88. The third-order valence-corrected chi connectivity index (χ3v) is 4.37. The molecular formula is C21H22N4O. The summed E-state index contributed by atoms with van der Waals surface area (Å²) in [6.45, 7) is 3.86. The standard InChI is InChI=1S/C21H22N4O/c1-3-7-18(8-4-1)16-25-17-20(15-22-24-11-13-26-14-12-24)21(23-25)19-9-5-2-6-10-19/h1-10,15,17H,11-14,16H2/b22-15-. The van der Waals surface area contributed by atoms with Gasteiger partial charge >= 0.3 is 0 Å². The number of aromatic nitrogens is 2. The lowest BCUT2D eigenvalue weighted by molar-refractivity contribution is 0.0397. The largest absolute Gasteiger partial charge is 0.378 e. The van der Waals surface area contributed by atoms with Gasteiger partial charge in [0.2, 0.25) is 0 Å². The molecular weight excluding hydrogens is 324 g/mol. The number of nitrogens with zero attached hydrogens (tertiary/aromatic N) is 4. The predicted molar refractivity (Wildman–Crippen MR) is 103 cm³/mol. The second-order valence-corrected chi connectivity index (χ2v) is 6.29. The predicted octanol–water partition coefficient (Wildman–Crippen LogP) is 3.26. The van der Waals surface area contributed by atoms with Gasteiger partial charge < -0.3 is 4.74 Å².